The van der Waals surface area contributed by atoms with E-state index in [2.05, 4.69) is 24.1 Å². The molecule has 15 heteroatoms. The quantitative estimate of drug-likeness (QED) is 0.0559. The smallest absolute Gasteiger partial charge is 0.335 e. The number of aromatic hydroxyl groups is 1. The molecule has 1 aliphatic rings. The number of aromatic nitrogens is 1. The molecule has 286 valence electrons. The standard InChI is InChI=1S/C38H47N3O12/c1-3-4-5-6-7-20(2)23(16-21-14-15-40-18-21)19-41-36(49)38(50)33(45)30(44)32(35(47)48)53-37(38)51-25-12-13-26-27(17-25)52-31(34(39)46)28(29(26)43)22-8-10-24(42)11-9-22/h8-15,17-18,20,23,30,32-33,36-37,40-42,44-45,49-50H,3-7,16,19H2,1-2H3,(H2,39,46)(H,47,48)/t20-,23-,30+,32-,33-,36+,37+,38-/m0/s1. The third-order valence-corrected chi connectivity index (χ3v) is 9.97. The molecule has 8 atom stereocenters. The molecule has 53 heavy (non-hydrogen) atoms. The normalized spacial score (nSPS) is 23.4. The summed E-state index contributed by atoms with van der Waals surface area (Å²) in [6.07, 6.45) is -1.10. The zero-order valence-electron chi connectivity index (χ0n) is 29.5. The number of hydrogen-bond acceptors (Lipinski definition) is 12. The molecule has 1 saturated heterocycles. The van der Waals surface area contributed by atoms with Crippen LogP contribution in [0, 0.1) is 11.8 Å². The van der Waals surface area contributed by atoms with Crippen LogP contribution in [0.25, 0.3) is 22.1 Å². The van der Waals surface area contributed by atoms with Gasteiger partial charge in [0, 0.05) is 25.0 Å². The van der Waals surface area contributed by atoms with Crippen molar-refractivity contribution in [2.24, 2.45) is 17.6 Å². The molecule has 10 N–H and O–H groups in total. The van der Waals surface area contributed by atoms with E-state index in [1.54, 1.807) is 0 Å². The van der Waals surface area contributed by atoms with Crippen molar-refractivity contribution in [3.05, 3.63) is 82.5 Å². The number of phenolic OH excluding ortho intramolecular Hbond substituents is 1. The highest BCUT2D eigenvalue weighted by molar-refractivity contribution is 5.99. The molecule has 5 rings (SSSR count). The molecular weight excluding hydrogens is 690 g/mol. The van der Waals surface area contributed by atoms with Gasteiger partial charge >= 0.3 is 5.97 Å². The summed E-state index contributed by atoms with van der Waals surface area (Å²) < 4.78 is 17.1. The van der Waals surface area contributed by atoms with Gasteiger partial charge in [0.15, 0.2) is 11.7 Å². The number of benzene rings is 2. The number of aromatic amines is 1. The molecule has 2 aromatic carbocycles. The van der Waals surface area contributed by atoms with E-state index in [4.69, 9.17) is 19.6 Å². The fourth-order valence-electron chi connectivity index (χ4n) is 6.77. The van der Waals surface area contributed by atoms with E-state index in [1.165, 1.54) is 36.4 Å². The number of amides is 1. The highest BCUT2D eigenvalue weighted by Crippen LogP contribution is 2.36. The van der Waals surface area contributed by atoms with Crippen LogP contribution in [0.5, 0.6) is 11.5 Å². The first-order chi connectivity index (χ1) is 25.3. The van der Waals surface area contributed by atoms with Gasteiger partial charge in [0.25, 0.3) is 5.91 Å². The topological polar surface area (TPSA) is 258 Å². The van der Waals surface area contributed by atoms with Crippen LogP contribution in [-0.2, 0) is 16.0 Å². The molecular formula is C38H47N3O12. The van der Waals surface area contributed by atoms with Crippen molar-refractivity contribution in [1.29, 1.82) is 0 Å². The highest BCUT2D eigenvalue weighted by atomic mass is 16.7. The minimum Gasteiger partial charge on any atom is -0.508 e. The zero-order chi connectivity index (χ0) is 38.4. The van der Waals surface area contributed by atoms with Crippen LogP contribution in [-0.4, -0.2) is 90.5 Å². The fourth-order valence-corrected chi connectivity index (χ4v) is 6.77. The predicted molar refractivity (Wildman–Crippen MR) is 192 cm³/mol. The first-order valence-electron chi connectivity index (χ1n) is 17.6. The van der Waals surface area contributed by atoms with Gasteiger partial charge in [-0.1, -0.05) is 58.1 Å². The van der Waals surface area contributed by atoms with E-state index in [-0.39, 0.29) is 52.0 Å². The Balaban J connectivity index is 1.45. The van der Waals surface area contributed by atoms with Crippen molar-refractivity contribution in [2.75, 3.05) is 6.54 Å². The molecule has 2 aromatic heterocycles. The monoisotopic (exact) mass is 737 g/mol. The molecule has 0 saturated carbocycles. The molecule has 3 heterocycles. The van der Waals surface area contributed by atoms with Gasteiger partial charge in [-0.05, 0) is 59.7 Å². The van der Waals surface area contributed by atoms with Gasteiger partial charge < -0.3 is 55.2 Å². The molecule has 1 amide bonds. The first kappa shape index (κ1) is 39.4. The maximum Gasteiger partial charge on any atom is 0.335 e. The van der Waals surface area contributed by atoms with Gasteiger partial charge in [-0.2, -0.15) is 0 Å². The lowest BCUT2D eigenvalue weighted by molar-refractivity contribution is -0.338. The number of hydrogen-bond donors (Lipinski definition) is 9. The Kier molecular flexibility index (Phi) is 12.6. The van der Waals surface area contributed by atoms with Crippen LogP contribution in [0.1, 0.15) is 62.1 Å². The van der Waals surface area contributed by atoms with E-state index in [9.17, 15) is 45.0 Å². The Morgan fingerprint density at radius 3 is 2.47 bits per heavy atom. The third-order valence-electron chi connectivity index (χ3n) is 9.97. The maximum absolute atomic E-state index is 13.6. The second-order valence-corrected chi connectivity index (χ2v) is 13.7. The lowest BCUT2D eigenvalue weighted by Crippen LogP contribution is -2.75. The number of H-pyrrole nitrogens is 1. The number of rotatable bonds is 17. The van der Waals surface area contributed by atoms with Gasteiger partial charge in [-0.25, -0.2) is 4.79 Å². The largest absolute Gasteiger partial charge is 0.508 e. The average molecular weight is 738 g/mol. The third kappa shape index (κ3) is 8.56. The highest BCUT2D eigenvalue weighted by Gasteiger charge is 2.62. The van der Waals surface area contributed by atoms with Crippen LogP contribution < -0.4 is 21.2 Å². The van der Waals surface area contributed by atoms with Gasteiger partial charge in [-0.15, -0.1) is 0 Å². The summed E-state index contributed by atoms with van der Waals surface area (Å²) in [5.41, 5.74) is 3.04. The number of carboxylic acid groups (broad SMARTS) is 1. The summed E-state index contributed by atoms with van der Waals surface area (Å²) in [5, 5.41) is 67.6. The van der Waals surface area contributed by atoms with Gasteiger partial charge in [-0.3, -0.25) is 14.9 Å². The Labute approximate surface area is 305 Å². The number of carboxylic acids is 1. The molecule has 0 aliphatic carbocycles. The van der Waals surface area contributed by atoms with E-state index >= 15 is 0 Å². The summed E-state index contributed by atoms with van der Waals surface area (Å²) in [7, 11) is 0. The molecule has 4 aromatic rings. The number of nitrogens with one attached hydrogen (secondary N) is 2. The Morgan fingerprint density at radius 1 is 1.09 bits per heavy atom. The van der Waals surface area contributed by atoms with Crippen LogP contribution >= 0.6 is 0 Å². The Hall–Kier alpha value is -4.77. The van der Waals surface area contributed by atoms with E-state index in [1.807, 2.05) is 18.5 Å². The van der Waals surface area contributed by atoms with E-state index in [0.717, 1.165) is 43.7 Å². The number of ether oxygens (including phenoxy) is 2. The van der Waals surface area contributed by atoms with Crippen molar-refractivity contribution in [3.63, 3.8) is 0 Å². The number of primary amides is 1. The van der Waals surface area contributed by atoms with Crippen molar-refractivity contribution < 1.29 is 54.1 Å². The van der Waals surface area contributed by atoms with Crippen LogP contribution in [0.4, 0.5) is 0 Å². The lowest BCUT2D eigenvalue weighted by atomic mass is 9.83. The number of aliphatic hydroxyl groups is 4. The minimum atomic E-state index is -2.84. The molecule has 1 aliphatic heterocycles. The average Bonchev–Trinajstić information content (AvgIpc) is 3.65. The molecule has 0 bridgehead atoms. The number of nitrogens with two attached hydrogens (primary N) is 1. The van der Waals surface area contributed by atoms with Gasteiger partial charge in [0.1, 0.15) is 35.5 Å². The molecule has 0 radical (unpaired) electrons. The van der Waals surface area contributed by atoms with Gasteiger partial charge in [0.2, 0.25) is 17.5 Å². The van der Waals surface area contributed by atoms with Crippen LogP contribution in [0.3, 0.4) is 0 Å². The first-order valence-corrected chi connectivity index (χ1v) is 17.6. The summed E-state index contributed by atoms with van der Waals surface area (Å²) in [6.45, 7) is 4.40. The summed E-state index contributed by atoms with van der Waals surface area (Å²) in [5.74, 6) is -3.35. The van der Waals surface area contributed by atoms with E-state index < -0.39 is 59.5 Å². The summed E-state index contributed by atoms with van der Waals surface area (Å²) in [4.78, 5) is 41.1. The van der Waals surface area contributed by atoms with Crippen molar-refractivity contribution in [3.8, 4) is 22.6 Å². The lowest BCUT2D eigenvalue weighted by Gasteiger charge is -2.48. The number of aliphatic hydroxyl groups excluding tert-OH is 3. The van der Waals surface area contributed by atoms with E-state index in [0.29, 0.717) is 6.42 Å². The molecule has 15 nitrogen and oxygen atoms in total. The number of carbonyl (C=O) groups excluding carboxylic acids is 1. The van der Waals surface area contributed by atoms with Crippen molar-refractivity contribution >= 4 is 22.8 Å². The maximum atomic E-state index is 13.6. The second kappa shape index (κ2) is 16.9. The predicted octanol–water partition coefficient (Wildman–Crippen LogP) is 2.61. The molecule has 0 spiro atoms. The molecule has 1 fully saturated rings. The van der Waals surface area contributed by atoms with Crippen molar-refractivity contribution in [2.45, 2.75) is 88.8 Å². The number of carbonyl (C=O) groups is 2. The SMILES string of the molecule is CCCCCC[C@H](C)[C@H](CN[C@H](O)[C@]1(O)[C@H](Oc2ccc3c(=O)c(-c4ccc(O)cc4)c(C(N)=O)oc3c2)O[C@H](C(=O)O)[C@@H](O)[C@@H]1O)Cc1cc[nH]c1. The van der Waals surface area contributed by atoms with Gasteiger partial charge in [0.05, 0.1) is 10.9 Å². The Bertz CT molecular complexity index is 1910. The van der Waals surface area contributed by atoms with Crippen LogP contribution in [0.2, 0.25) is 0 Å². The fraction of sp³-hybridized carbons (Fsp3) is 0.447. The number of phenols is 1. The van der Waals surface area contributed by atoms with Crippen LogP contribution in [0.15, 0.2) is 70.1 Å². The number of fused-ring (bicyclic) bond motifs is 1. The number of unbranched alkanes of at least 4 members (excludes halogenated alkanes) is 3. The summed E-state index contributed by atoms with van der Waals surface area (Å²) in [6, 6.07) is 11.1. The zero-order valence-corrected chi connectivity index (χ0v) is 29.5. The van der Waals surface area contributed by atoms with Crippen molar-refractivity contribution in [1.82, 2.24) is 10.3 Å². The second-order valence-electron chi connectivity index (χ2n) is 13.7. The Morgan fingerprint density at radius 2 is 1.83 bits per heavy atom. The molecule has 0 unspecified atom stereocenters. The number of aliphatic carboxylic acids is 1. The minimum absolute atomic E-state index is 0.0110. The summed E-state index contributed by atoms with van der Waals surface area (Å²) >= 11 is 0.